The molecule has 3 heteroatoms. The standard InChI is InChI=1S/C15H27NO2/c1-10(2)12-9-14(18-15(12)17)13(16)8-11-6-4-3-5-7-11/h10-14H,3-9,16H2,1-2H3/t12-,13-,14-/m0/s1. The number of nitrogens with two attached hydrogens (primary N) is 1. The fraction of sp³-hybridized carbons (Fsp3) is 0.933. The Bertz CT molecular complexity index is 284. The van der Waals surface area contributed by atoms with Gasteiger partial charge in [-0.15, -0.1) is 0 Å². The Morgan fingerprint density at radius 1 is 1.28 bits per heavy atom. The fourth-order valence-corrected chi connectivity index (χ4v) is 3.40. The van der Waals surface area contributed by atoms with E-state index < -0.39 is 0 Å². The normalized spacial score (nSPS) is 31.7. The Labute approximate surface area is 110 Å². The SMILES string of the molecule is CC(C)[C@@H]1C[C@@H]([C@@H](N)CC2CCCCC2)OC1=O. The van der Waals surface area contributed by atoms with Gasteiger partial charge in [0.25, 0.3) is 0 Å². The van der Waals surface area contributed by atoms with E-state index in [1.54, 1.807) is 0 Å². The smallest absolute Gasteiger partial charge is 0.309 e. The van der Waals surface area contributed by atoms with Crippen molar-refractivity contribution < 1.29 is 9.53 Å². The third kappa shape index (κ3) is 3.25. The average molecular weight is 253 g/mol. The Kier molecular flexibility index (Phi) is 4.66. The zero-order valence-electron chi connectivity index (χ0n) is 11.7. The summed E-state index contributed by atoms with van der Waals surface area (Å²) in [6.45, 7) is 4.17. The highest BCUT2D eigenvalue weighted by Gasteiger charge is 2.39. The molecule has 1 heterocycles. The molecular formula is C15H27NO2. The van der Waals surface area contributed by atoms with Gasteiger partial charge in [-0.05, 0) is 24.7 Å². The van der Waals surface area contributed by atoms with E-state index in [-0.39, 0.29) is 24.0 Å². The molecule has 0 unspecified atom stereocenters. The molecule has 2 fully saturated rings. The molecule has 0 aromatic rings. The van der Waals surface area contributed by atoms with Crippen molar-refractivity contribution in [2.75, 3.05) is 0 Å². The lowest BCUT2D eigenvalue weighted by Gasteiger charge is -2.26. The number of carbonyl (C=O) groups excluding carboxylic acids is 1. The number of hydrogen-bond donors (Lipinski definition) is 1. The highest BCUT2D eigenvalue weighted by Crippen LogP contribution is 2.33. The predicted octanol–water partition coefficient (Wildman–Crippen LogP) is 2.87. The Morgan fingerprint density at radius 2 is 1.94 bits per heavy atom. The van der Waals surface area contributed by atoms with Gasteiger partial charge in [0, 0.05) is 6.04 Å². The molecule has 0 aromatic carbocycles. The number of rotatable bonds is 4. The molecule has 1 aliphatic heterocycles. The van der Waals surface area contributed by atoms with Crippen molar-refractivity contribution in [3.8, 4) is 0 Å². The predicted molar refractivity (Wildman–Crippen MR) is 72.0 cm³/mol. The monoisotopic (exact) mass is 253 g/mol. The first-order valence-electron chi connectivity index (χ1n) is 7.54. The van der Waals surface area contributed by atoms with Gasteiger partial charge >= 0.3 is 5.97 Å². The number of cyclic esters (lactones) is 1. The zero-order valence-corrected chi connectivity index (χ0v) is 11.7. The van der Waals surface area contributed by atoms with Gasteiger partial charge in [0.2, 0.25) is 0 Å². The molecule has 3 atom stereocenters. The van der Waals surface area contributed by atoms with E-state index in [4.69, 9.17) is 10.5 Å². The van der Waals surface area contributed by atoms with Crippen LogP contribution in [-0.2, 0) is 9.53 Å². The third-order valence-corrected chi connectivity index (χ3v) is 4.67. The molecule has 104 valence electrons. The first-order chi connectivity index (χ1) is 8.58. The molecule has 1 saturated carbocycles. The zero-order chi connectivity index (χ0) is 13.1. The molecule has 0 bridgehead atoms. The minimum absolute atomic E-state index is 0.0332. The summed E-state index contributed by atoms with van der Waals surface area (Å²) >= 11 is 0. The van der Waals surface area contributed by atoms with Crippen LogP contribution in [0.25, 0.3) is 0 Å². The second-order valence-corrected chi connectivity index (χ2v) is 6.47. The van der Waals surface area contributed by atoms with Crippen molar-refractivity contribution in [1.82, 2.24) is 0 Å². The van der Waals surface area contributed by atoms with Crippen LogP contribution in [0.5, 0.6) is 0 Å². The molecule has 0 spiro atoms. The number of esters is 1. The first-order valence-corrected chi connectivity index (χ1v) is 7.54. The van der Waals surface area contributed by atoms with Crippen LogP contribution < -0.4 is 5.73 Å². The summed E-state index contributed by atoms with van der Waals surface area (Å²) in [6.07, 6.45) is 8.50. The molecule has 1 saturated heterocycles. The maximum Gasteiger partial charge on any atom is 0.309 e. The van der Waals surface area contributed by atoms with Crippen LogP contribution in [0, 0.1) is 17.8 Å². The van der Waals surface area contributed by atoms with Gasteiger partial charge in [-0.25, -0.2) is 0 Å². The summed E-state index contributed by atoms with van der Waals surface area (Å²) < 4.78 is 5.47. The van der Waals surface area contributed by atoms with Gasteiger partial charge in [-0.3, -0.25) is 4.79 Å². The molecular weight excluding hydrogens is 226 g/mol. The van der Waals surface area contributed by atoms with E-state index in [0.717, 1.165) is 18.8 Å². The van der Waals surface area contributed by atoms with Crippen LogP contribution in [-0.4, -0.2) is 18.1 Å². The summed E-state index contributed by atoms with van der Waals surface area (Å²) in [5.74, 6) is 1.15. The highest BCUT2D eigenvalue weighted by molar-refractivity contribution is 5.75. The molecule has 1 aliphatic carbocycles. The van der Waals surface area contributed by atoms with E-state index in [9.17, 15) is 4.79 Å². The topological polar surface area (TPSA) is 52.3 Å². The third-order valence-electron chi connectivity index (χ3n) is 4.67. The lowest BCUT2D eigenvalue weighted by atomic mass is 9.82. The summed E-state index contributed by atoms with van der Waals surface area (Å²) in [5.41, 5.74) is 6.26. The minimum Gasteiger partial charge on any atom is -0.460 e. The summed E-state index contributed by atoms with van der Waals surface area (Å²) in [5, 5.41) is 0. The summed E-state index contributed by atoms with van der Waals surface area (Å²) in [6, 6.07) is 0.0424. The van der Waals surface area contributed by atoms with Crippen LogP contribution >= 0.6 is 0 Å². The van der Waals surface area contributed by atoms with E-state index in [1.807, 2.05) is 0 Å². The van der Waals surface area contributed by atoms with Gasteiger partial charge in [0.05, 0.1) is 5.92 Å². The van der Waals surface area contributed by atoms with Crippen molar-refractivity contribution in [2.24, 2.45) is 23.5 Å². The fourth-order valence-electron chi connectivity index (χ4n) is 3.40. The van der Waals surface area contributed by atoms with Crippen molar-refractivity contribution in [1.29, 1.82) is 0 Å². The van der Waals surface area contributed by atoms with E-state index in [2.05, 4.69) is 13.8 Å². The molecule has 0 aromatic heterocycles. The van der Waals surface area contributed by atoms with Crippen LogP contribution in [0.3, 0.4) is 0 Å². The van der Waals surface area contributed by atoms with Gasteiger partial charge in [-0.2, -0.15) is 0 Å². The molecule has 2 N–H and O–H groups in total. The second kappa shape index (κ2) is 6.05. The maximum atomic E-state index is 11.7. The second-order valence-electron chi connectivity index (χ2n) is 6.47. The van der Waals surface area contributed by atoms with E-state index in [1.165, 1.54) is 32.1 Å². The molecule has 0 amide bonds. The molecule has 3 nitrogen and oxygen atoms in total. The summed E-state index contributed by atoms with van der Waals surface area (Å²) in [4.78, 5) is 11.7. The Balaban J connectivity index is 1.82. The van der Waals surface area contributed by atoms with Crippen molar-refractivity contribution in [2.45, 2.75) is 70.9 Å². The highest BCUT2D eigenvalue weighted by atomic mass is 16.6. The lowest BCUT2D eigenvalue weighted by molar-refractivity contribution is -0.146. The number of carbonyl (C=O) groups is 1. The van der Waals surface area contributed by atoms with Crippen LogP contribution in [0.4, 0.5) is 0 Å². The number of ether oxygens (including phenoxy) is 1. The van der Waals surface area contributed by atoms with E-state index >= 15 is 0 Å². The van der Waals surface area contributed by atoms with Crippen molar-refractivity contribution >= 4 is 5.97 Å². The van der Waals surface area contributed by atoms with E-state index in [0.29, 0.717) is 5.92 Å². The largest absolute Gasteiger partial charge is 0.460 e. The van der Waals surface area contributed by atoms with Crippen LogP contribution in [0.1, 0.15) is 58.8 Å². The Hall–Kier alpha value is -0.570. The number of hydrogen-bond acceptors (Lipinski definition) is 3. The molecule has 0 radical (unpaired) electrons. The first kappa shape index (κ1) is 13.9. The van der Waals surface area contributed by atoms with Gasteiger partial charge < -0.3 is 10.5 Å². The van der Waals surface area contributed by atoms with Gasteiger partial charge in [0.1, 0.15) is 6.10 Å². The Morgan fingerprint density at radius 3 is 2.50 bits per heavy atom. The molecule has 2 aliphatic rings. The van der Waals surface area contributed by atoms with Crippen molar-refractivity contribution in [3.05, 3.63) is 0 Å². The quantitative estimate of drug-likeness (QED) is 0.784. The van der Waals surface area contributed by atoms with Crippen LogP contribution in [0.2, 0.25) is 0 Å². The average Bonchev–Trinajstić information content (AvgIpc) is 2.73. The maximum absolute atomic E-state index is 11.7. The minimum atomic E-state index is -0.0353. The van der Waals surface area contributed by atoms with Crippen molar-refractivity contribution in [3.63, 3.8) is 0 Å². The molecule has 18 heavy (non-hydrogen) atoms. The lowest BCUT2D eigenvalue weighted by Crippen LogP contribution is -2.36. The molecule has 2 rings (SSSR count). The van der Waals surface area contributed by atoms with Gasteiger partial charge in [0.15, 0.2) is 0 Å². The van der Waals surface area contributed by atoms with Crippen LogP contribution in [0.15, 0.2) is 0 Å². The summed E-state index contributed by atoms with van der Waals surface area (Å²) in [7, 11) is 0. The van der Waals surface area contributed by atoms with Gasteiger partial charge in [-0.1, -0.05) is 46.0 Å².